The van der Waals surface area contributed by atoms with Crippen LogP contribution in [0.2, 0.25) is 10.0 Å². The molecule has 1 aliphatic heterocycles. The molecule has 0 bridgehead atoms. The molecule has 0 unspecified atom stereocenters. The predicted molar refractivity (Wildman–Crippen MR) is 90.5 cm³/mol. The van der Waals surface area contributed by atoms with Crippen molar-refractivity contribution in [1.82, 2.24) is 4.31 Å². The number of aliphatic hydroxyl groups is 2. The summed E-state index contributed by atoms with van der Waals surface area (Å²) in [7, 11) is -7.46. The maximum absolute atomic E-state index is 12.9. The fourth-order valence-electron chi connectivity index (χ4n) is 2.48. The van der Waals surface area contributed by atoms with E-state index in [1.807, 2.05) is 0 Å². The van der Waals surface area contributed by atoms with Crippen molar-refractivity contribution in [2.75, 3.05) is 24.7 Å². The van der Waals surface area contributed by atoms with Crippen molar-refractivity contribution >= 4 is 43.1 Å². The smallest absolute Gasteiger partial charge is 0.243 e. The maximum Gasteiger partial charge on any atom is 0.243 e. The fourth-order valence-corrected chi connectivity index (χ4v) is 6.39. The Hall–Kier alpha value is -0.420. The first kappa shape index (κ1) is 19.9. The number of nitrogens with zero attached hydrogens (tertiary/aromatic N) is 1. The minimum absolute atomic E-state index is 0.0411. The van der Waals surface area contributed by atoms with Gasteiger partial charge in [-0.05, 0) is 24.6 Å². The van der Waals surface area contributed by atoms with Gasteiger partial charge in [0, 0.05) is 12.6 Å². The summed E-state index contributed by atoms with van der Waals surface area (Å²) in [6, 6.07) is 2.94. The lowest BCUT2D eigenvalue weighted by molar-refractivity contribution is 0.0730. The van der Waals surface area contributed by atoms with Gasteiger partial charge in [0.1, 0.15) is 0 Å². The molecule has 136 valence electrons. The molecule has 0 saturated carbocycles. The molecule has 1 aromatic rings. The number of rotatable bonds is 6. The molecule has 2 atom stereocenters. The lowest BCUT2D eigenvalue weighted by Gasteiger charge is -2.29. The summed E-state index contributed by atoms with van der Waals surface area (Å²) < 4.78 is 50.1. The van der Waals surface area contributed by atoms with Crippen molar-refractivity contribution in [3.63, 3.8) is 0 Å². The molecule has 1 heterocycles. The second kappa shape index (κ2) is 7.45. The van der Waals surface area contributed by atoms with Crippen molar-refractivity contribution < 1.29 is 27.0 Å². The van der Waals surface area contributed by atoms with E-state index in [0.29, 0.717) is 0 Å². The molecule has 24 heavy (non-hydrogen) atoms. The van der Waals surface area contributed by atoms with E-state index >= 15 is 0 Å². The van der Waals surface area contributed by atoms with Gasteiger partial charge < -0.3 is 10.2 Å². The van der Waals surface area contributed by atoms with Gasteiger partial charge in [-0.3, -0.25) is 0 Å². The van der Waals surface area contributed by atoms with E-state index in [2.05, 4.69) is 0 Å². The average Bonchev–Trinajstić information content (AvgIpc) is 2.86. The first-order valence-electron chi connectivity index (χ1n) is 7.03. The molecule has 1 aromatic carbocycles. The Balaban J connectivity index is 2.42. The van der Waals surface area contributed by atoms with Crippen LogP contribution in [-0.2, 0) is 19.9 Å². The molecule has 7 nitrogen and oxygen atoms in total. The Morgan fingerprint density at radius 2 is 1.96 bits per heavy atom. The van der Waals surface area contributed by atoms with Crippen molar-refractivity contribution in [1.29, 1.82) is 0 Å². The first-order chi connectivity index (χ1) is 11.1. The van der Waals surface area contributed by atoms with E-state index in [9.17, 15) is 21.9 Å². The SMILES string of the molecule is O=S1(=O)CC[C@H](N(C[C@H](O)CO)S(=O)(=O)c2ccc(Cl)c(Cl)c2)C1. The summed E-state index contributed by atoms with van der Waals surface area (Å²) in [5, 5.41) is 18.9. The molecular formula is C13H17Cl2NO6S2. The lowest BCUT2D eigenvalue weighted by atomic mass is 10.2. The van der Waals surface area contributed by atoms with Crippen molar-refractivity contribution in [2.45, 2.75) is 23.5 Å². The second-order valence-corrected chi connectivity index (χ2v) is 10.5. The quantitative estimate of drug-likeness (QED) is 0.697. The highest BCUT2D eigenvalue weighted by Gasteiger charge is 2.39. The number of benzene rings is 1. The number of hydrogen-bond acceptors (Lipinski definition) is 6. The molecule has 0 radical (unpaired) electrons. The maximum atomic E-state index is 12.9. The zero-order valence-electron chi connectivity index (χ0n) is 12.5. The molecule has 0 aliphatic carbocycles. The van der Waals surface area contributed by atoms with E-state index in [1.165, 1.54) is 18.2 Å². The number of aliphatic hydroxyl groups excluding tert-OH is 2. The molecule has 0 spiro atoms. The van der Waals surface area contributed by atoms with Crippen LogP contribution in [0.5, 0.6) is 0 Å². The summed E-state index contributed by atoms with van der Waals surface area (Å²) in [5.41, 5.74) is 0. The average molecular weight is 418 g/mol. The summed E-state index contributed by atoms with van der Waals surface area (Å²) in [5.74, 6) is -0.452. The molecule has 0 aromatic heterocycles. The Bertz CT molecular complexity index is 812. The van der Waals surface area contributed by atoms with Crippen LogP contribution in [0.4, 0.5) is 0 Å². The Morgan fingerprint density at radius 3 is 2.46 bits per heavy atom. The number of hydrogen-bond donors (Lipinski definition) is 2. The van der Waals surface area contributed by atoms with Gasteiger partial charge in [0.2, 0.25) is 10.0 Å². The third-order valence-corrected chi connectivity index (χ3v) is 8.12. The van der Waals surface area contributed by atoms with Gasteiger partial charge >= 0.3 is 0 Å². The highest BCUT2D eigenvalue weighted by Crippen LogP contribution is 2.29. The summed E-state index contributed by atoms with van der Waals surface area (Å²) in [6.45, 7) is -1.06. The monoisotopic (exact) mass is 417 g/mol. The molecule has 11 heteroatoms. The Labute approximate surface area is 150 Å². The standard InChI is InChI=1S/C13H17Cl2NO6S2/c14-12-2-1-11(5-13(12)15)24(21,22)16(6-10(18)7-17)9-3-4-23(19,20)8-9/h1-2,5,9-10,17-18H,3-4,6-8H2/t9-,10-/m0/s1. The minimum Gasteiger partial charge on any atom is -0.394 e. The summed E-state index contributed by atoms with van der Waals surface area (Å²) in [6.07, 6.45) is -1.20. The zero-order chi connectivity index (χ0) is 18.1. The topological polar surface area (TPSA) is 112 Å². The second-order valence-electron chi connectivity index (χ2n) is 5.54. The van der Waals surface area contributed by atoms with Gasteiger partial charge in [0.05, 0.1) is 39.2 Å². The van der Waals surface area contributed by atoms with Crippen LogP contribution in [0, 0.1) is 0 Å². The van der Waals surface area contributed by atoms with Gasteiger partial charge in [-0.25, -0.2) is 16.8 Å². The zero-order valence-corrected chi connectivity index (χ0v) is 15.6. The lowest BCUT2D eigenvalue weighted by Crippen LogP contribution is -2.46. The van der Waals surface area contributed by atoms with Gasteiger partial charge in [-0.2, -0.15) is 4.31 Å². The number of sulfonamides is 1. The van der Waals surface area contributed by atoms with Crippen LogP contribution in [0.1, 0.15) is 6.42 Å². The summed E-state index contributed by atoms with van der Waals surface area (Å²) >= 11 is 11.7. The van der Waals surface area contributed by atoms with Gasteiger partial charge in [0.15, 0.2) is 9.84 Å². The highest BCUT2D eigenvalue weighted by atomic mass is 35.5. The Morgan fingerprint density at radius 1 is 1.29 bits per heavy atom. The molecule has 2 N–H and O–H groups in total. The number of sulfone groups is 1. The molecule has 1 saturated heterocycles. The number of halogens is 2. The van der Waals surface area contributed by atoms with Crippen LogP contribution < -0.4 is 0 Å². The normalized spacial score (nSPS) is 22.0. The fraction of sp³-hybridized carbons (Fsp3) is 0.538. The third kappa shape index (κ3) is 4.40. The predicted octanol–water partition coefficient (Wildman–Crippen LogP) is 0.524. The molecular weight excluding hydrogens is 401 g/mol. The van der Waals surface area contributed by atoms with Crippen LogP contribution in [-0.4, -0.2) is 68.2 Å². The molecule has 1 fully saturated rings. The Kier molecular flexibility index (Phi) is 6.17. The van der Waals surface area contributed by atoms with Gasteiger partial charge in [0.25, 0.3) is 0 Å². The van der Waals surface area contributed by atoms with E-state index in [0.717, 1.165) is 4.31 Å². The molecule has 1 aliphatic rings. The van der Waals surface area contributed by atoms with Crippen LogP contribution in [0.25, 0.3) is 0 Å². The first-order valence-corrected chi connectivity index (χ1v) is 11.0. The van der Waals surface area contributed by atoms with Crippen LogP contribution in [0.15, 0.2) is 23.1 Å². The minimum atomic E-state index is -4.12. The van der Waals surface area contributed by atoms with Crippen LogP contribution >= 0.6 is 23.2 Å². The van der Waals surface area contributed by atoms with Gasteiger partial charge in [-0.15, -0.1) is 0 Å². The largest absolute Gasteiger partial charge is 0.394 e. The van der Waals surface area contributed by atoms with E-state index in [-0.39, 0.29) is 32.9 Å². The molecule has 2 rings (SSSR count). The van der Waals surface area contributed by atoms with Gasteiger partial charge in [-0.1, -0.05) is 23.2 Å². The van der Waals surface area contributed by atoms with E-state index in [4.69, 9.17) is 28.3 Å². The molecule has 0 amide bonds. The third-order valence-electron chi connectivity index (χ3n) is 3.71. The van der Waals surface area contributed by atoms with E-state index < -0.39 is 45.2 Å². The van der Waals surface area contributed by atoms with Crippen molar-refractivity contribution in [3.8, 4) is 0 Å². The highest BCUT2D eigenvalue weighted by molar-refractivity contribution is 7.92. The van der Waals surface area contributed by atoms with Crippen molar-refractivity contribution in [2.24, 2.45) is 0 Å². The van der Waals surface area contributed by atoms with E-state index in [1.54, 1.807) is 0 Å². The summed E-state index contributed by atoms with van der Waals surface area (Å²) in [4.78, 5) is -0.161. The van der Waals surface area contributed by atoms with Crippen molar-refractivity contribution in [3.05, 3.63) is 28.2 Å². The van der Waals surface area contributed by atoms with Crippen LogP contribution in [0.3, 0.4) is 0 Å².